The lowest BCUT2D eigenvalue weighted by molar-refractivity contribution is -0.141. The van der Waals surface area contributed by atoms with E-state index >= 15 is 0 Å². The zero-order valence-corrected chi connectivity index (χ0v) is 12.4. The normalized spacial score (nSPS) is 33.8. The maximum Gasteiger partial charge on any atom is 0.326 e. The second-order valence-electron chi connectivity index (χ2n) is 5.78. The van der Waals surface area contributed by atoms with Crippen LogP contribution in [-0.2, 0) is 9.53 Å². The van der Waals surface area contributed by atoms with Gasteiger partial charge in [0.05, 0.1) is 6.10 Å². The molecule has 2 aliphatic rings. The van der Waals surface area contributed by atoms with Gasteiger partial charge in [-0.3, -0.25) is 0 Å². The van der Waals surface area contributed by atoms with E-state index in [0.717, 1.165) is 19.3 Å². The quantitative estimate of drug-likeness (QED) is 0.853. The molecule has 0 aromatic carbocycles. The molecule has 0 aromatic heterocycles. The van der Waals surface area contributed by atoms with E-state index in [0.29, 0.717) is 13.0 Å². The van der Waals surface area contributed by atoms with E-state index in [1.54, 1.807) is 7.11 Å². The zero-order chi connectivity index (χ0) is 14.9. The third kappa shape index (κ3) is 2.61. The smallest absolute Gasteiger partial charge is 0.326 e. The number of likely N-dealkylation sites (tertiary alicyclic amines) is 2. The SMILES string of the molecule is CCC1CCC(C)N1C(=O)N1CC(OC)CC1C(=O)O. The van der Waals surface area contributed by atoms with Crippen LogP contribution < -0.4 is 0 Å². The molecule has 0 aromatic rings. The molecule has 4 unspecified atom stereocenters. The van der Waals surface area contributed by atoms with Crippen LogP contribution in [0.4, 0.5) is 4.79 Å². The average molecular weight is 284 g/mol. The summed E-state index contributed by atoms with van der Waals surface area (Å²) in [4.78, 5) is 27.4. The Hall–Kier alpha value is -1.30. The average Bonchev–Trinajstić information content (AvgIpc) is 3.01. The van der Waals surface area contributed by atoms with Crippen LogP contribution in [0.1, 0.15) is 39.5 Å². The maximum atomic E-state index is 12.7. The van der Waals surface area contributed by atoms with E-state index in [-0.39, 0.29) is 24.2 Å². The number of aliphatic carboxylic acids is 1. The largest absolute Gasteiger partial charge is 0.480 e. The topological polar surface area (TPSA) is 70.1 Å². The summed E-state index contributed by atoms with van der Waals surface area (Å²) in [7, 11) is 1.56. The van der Waals surface area contributed by atoms with Gasteiger partial charge in [0.25, 0.3) is 0 Å². The highest BCUT2D eigenvalue weighted by Gasteiger charge is 2.44. The van der Waals surface area contributed by atoms with Crippen molar-refractivity contribution in [2.75, 3.05) is 13.7 Å². The molecule has 6 nitrogen and oxygen atoms in total. The van der Waals surface area contributed by atoms with Gasteiger partial charge in [-0.15, -0.1) is 0 Å². The van der Waals surface area contributed by atoms with Gasteiger partial charge in [-0.05, 0) is 26.2 Å². The van der Waals surface area contributed by atoms with Gasteiger partial charge >= 0.3 is 12.0 Å². The number of carbonyl (C=O) groups is 2. The summed E-state index contributed by atoms with van der Waals surface area (Å²) >= 11 is 0. The van der Waals surface area contributed by atoms with Gasteiger partial charge in [-0.1, -0.05) is 6.92 Å². The fourth-order valence-corrected chi connectivity index (χ4v) is 3.38. The molecule has 0 bridgehead atoms. The van der Waals surface area contributed by atoms with E-state index in [1.165, 1.54) is 4.90 Å². The molecule has 2 saturated heterocycles. The standard InChI is InChI=1S/C14H24N2O4/c1-4-10-6-5-9(2)16(10)14(19)15-8-11(20-3)7-12(15)13(17)18/h9-12H,4-8H2,1-3H3,(H,17,18). The maximum absolute atomic E-state index is 12.7. The first-order chi connectivity index (χ1) is 9.49. The Kier molecular flexibility index (Phi) is 4.52. The molecule has 0 radical (unpaired) electrons. The number of carbonyl (C=O) groups excluding carboxylic acids is 1. The molecule has 2 fully saturated rings. The molecule has 1 N–H and O–H groups in total. The minimum atomic E-state index is -0.946. The summed E-state index contributed by atoms with van der Waals surface area (Å²) in [6.07, 6.45) is 3.09. The van der Waals surface area contributed by atoms with Crippen LogP contribution in [-0.4, -0.2) is 64.8 Å². The fraction of sp³-hybridized carbons (Fsp3) is 0.857. The lowest BCUT2D eigenvalue weighted by atomic mass is 10.1. The number of ether oxygens (including phenoxy) is 1. The Bertz CT molecular complexity index is 387. The van der Waals surface area contributed by atoms with Crippen LogP contribution in [0.15, 0.2) is 0 Å². The molecular weight excluding hydrogens is 260 g/mol. The highest BCUT2D eigenvalue weighted by Crippen LogP contribution is 2.30. The van der Waals surface area contributed by atoms with Crippen molar-refractivity contribution in [1.29, 1.82) is 0 Å². The number of carboxylic acids is 1. The summed E-state index contributed by atoms with van der Waals surface area (Å²) in [5, 5.41) is 9.31. The Morgan fingerprint density at radius 3 is 2.60 bits per heavy atom. The van der Waals surface area contributed by atoms with Crippen LogP contribution in [0.2, 0.25) is 0 Å². The number of rotatable bonds is 3. The molecule has 2 heterocycles. The summed E-state index contributed by atoms with van der Waals surface area (Å²) in [6.45, 7) is 4.47. The third-order valence-electron chi connectivity index (χ3n) is 4.60. The lowest BCUT2D eigenvalue weighted by Crippen LogP contribution is -2.51. The van der Waals surface area contributed by atoms with Crippen molar-refractivity contribution in [1.82, 2.24) is 9.80 Å². The summed E-state index contributed by atoms with van der Waals surface area (Å²) in [5.41, 5.74) is 0. The molecule has 20 heavy (non-hydrogen) atoms. The molecule has 4 atom stereocenters. The number of hydrogen-bond donors (Lipinski definition) is 1. The first-order valence-corrected chi connectivity index (χ1v) is 7.34. The lowest BCUT2D eigenvalue weighted by Gasteiger charge is -2.33. The number of carboxylic acid groups (broad SMARTS) is 1. The monoisotopic (exact) mass is 284 g/mol. The summed E-state index contributed by atoms with van der Waals surface area (Å²) in [6, 6.07) is -0.497. The van der Waals surface area contributed by atoms with Crippen molar-refractivity contribution >= 4 is 12.0 Å². The molecule has 6 heteroatoms. The van der Waals surface area contributed by atoms with Crippen molar-refractivity contribution in [3.05, 3.63) is 0 Å². The van der Waals surface area contributed by atoms with Crippen LogP contribution in [0.3, 0.4) is 0 Å². The zero-order valence-electron chi connectivity index (χ0n) is 12.4. The van der Waals surface area contributed by atoms with Crippen LogP contribution in [0.25, 0.3) is 0 Å². The second kappa shape index (κ2) is 5.99. The molecule has 2 rings (SSSR count). The van der Waals surface area contributed by atoms with Gasteiger partial charge < -0.3 is 19.6 Å². The Morgan fingerprint density at radius 1 is 1.35 bits per heavy atom. The van der Waals surface area contributed by atoms with Crippen molar-refractivity contribution in [3.8, 4) is 0 Å². The van der Waals surface area contributed by atoms with Crippen LogP contribution in [0, 0.1) is 0 Å². The van der Waals surface area contributed by atoms with Crippen molar-refractivity contribution < 1.29 is 19.4 Å². The number of methoxy groups -OCH3 is 1. The first-order valence-electron chi connectivity index (χ1n) is 7.34. The summed E-state index contributed by atoms with van der Waals surface area (Å²) < 4.78 is 5.24. The van der Waals surface area contributed by atoms with Crippen molar-refractivity contribution in [3.63, 3.8) is 0 Å². The van der Waals surface area contributed by atoms with Gasteiger partial charge in [0.2, 0.25) is 0 Å². The molecule has 114 valence electrons. The van der Waals surface area contributed by atoms with Gasteiger partial charge in [-0.25, -0.2) is 9.59 Å². The number of amides is 2. The molecule has 0 saturated carbocycles. The molecule has 2 aliphatic heterocycles. The number of nitrogens with zero attached hydrogens (tertiary/aromatic N) is 2. The predicted octanol–water partition coefficient (Wildman–Crippen LogP) is 1.54. The van der Waals surface area contributed by atoms with E-state index in [9.17, 15) is 14.7 Å². The Morgan fingerprint density at radius 2 is 2.05 bits per heavy atom. The van der Waals surface area contributed by atoms with E-state index in [1.807, 2.05) is 11.8 Å². The predicted molar refractivity (Wildman–Crippen MR) is 73.6 cm³/mol. The molecular formula is C14H24N2O4. The van der Waals surface area contributed by atoms with E-state index < -0.39 is 12.0 Å². The van der Waals surface area contributed by atoms with Gasteiger partial charge in [-0.2, -0.15) is 0 Å². The number of hydrogen-bond acceptors (Lipinski definition) is 3. The van der Waals surface area contributed by atoms with Crippen molar-refractivity contribution in [2.45, 2.75) is 63.8 Å². The van der Waals surface area contributed by atoms with E-state index in [4.69, 9.17) is 4.74 Å². The van der Waals surface area contributed by atoms with Gasteiger partial charge in [0.15, 0.2) is 0 Å². The second-order valence-corrected chi connectivity index (χ2v) is 5.78. The third-order valence-corrected chi connectivity index (χ3v) is 4.60. The molecule has 2 amide bonds. The van der Waals surface area contributed by atoms with E-state index in [2.05, 4.69) is 6.92 Å². The highest BCUT2D eigenvalue weighted by molar-refractivity contribution is 5.84. The summed E-state index contributed by atoms with van der Waals surface area (Å²) in [5.74, 6) is -0.946. The van der Waals surface area contributed by atoms with Gasteiger partial charge in [0.1, 0.15) is 6.04 Å². The molecule has 0 aliphatic carbocycles. The van der Waals surface area contributed by atoms with Gasteiger partial charge in [0, 0.05) is 32.2 Å². The molecule has 0 spiro atoms. The fourth-order valence-electron chi connectivity index (χ4n) is 3.38. The first kappa shape index (κ1) is 15.1. The highest BCUT2D eigenvalue weighted by atomic mass is 16.5. The van der Waals surface area contributed by atoms with Crippen LogP contribution >= 0.6 is 0 Å². The Labute approximate surface area is 119 Å². The van der Waals surface area contributed by atoms with Crippen molar-refractivity contribution in [2.24, 2.45) is 0 Å². The minimum Gasteiger partial charge on any atom is -0.480 e. The Balaban J connectivity index is 2.16. The van der Waals surface area contributed by atoms with Crippen LogP contribution in [0.5, 0.6) is 0 Å². The number of urea groups is 1. The minimum absolute atomic E-state index is 0.145.